The minimum absolute atomic E-state index is 0.555. The van der Waals surface area contributed by atoms with Crippen LogP contribution in [0.2, 0.25) is 0 Å². The van der Waals surface area contributed by atoms with E-state index in [0.717, 1.165) is 16.5 Å². The zero-order valence-electron chi connectivity index (χ0n) is 6.57. The van der Waals surface area contributed by atoms with Crippen LogP contribution in [-0.2, 0) is 6.54 Å². The van der Waals surface area contributed by atoms with Gasteiger partial charge in [-0.15, -0.1) is 0 Å². The third-order valence-corrected chi connectivity index (χ3v) is 1.81. The van der Waals surface area contributed by atoms with Gasteiger partial charge in [-0.25, -0.2) is 9.97 Å². The van der Waals surface area contributed by atoms with Crippen LogP contribution in [0.5, 0.6) is 0 Å². The van der Waals surface area contributed by atoms with Crippen molar-refractivity contribution < 1.29 is 0 Å². The minimum Gasteiger partial charge on any atom is -0.326 e. The Balaban J connectivity index is 2.67. The highest BCUT2D eigenvalue weighted by molar-refractivity contribution is 5.77. The van der Waals surface area contributed by atoms with Crippen LogP contribution >= 0.6 is 0 Å². The first-order valence-electron chi connectivity index (χ1n) is 3.79. The Morgan fingerprint density at radius 2 is 2.25 bits per heavy atom. The lowest BCUT2D eigenvalue weighted by Gasteiger charge is -1.98. The van der Waals surface area contributed by atoms with Crippen molar-refractivity contribution in [1.29, 1.82) is 0 Å². The summed E-state index contributed by atoms with van der Waals surface area (Å²) in [6.07, 6.45) is 3.34. The highest BCUT2D eigenvalue weighted by Gasteiger charge is 1.94. The summed E-state index contributed by atoms with van der Waals surface area (Å²) in [6, 6.07) is 5.96. The molecule has 12 heavy (non-hydrogen) atoms. The Morgan fingerprint density at radius 1 is 1.33 bits per heavy atom. The summed E-state index contributed by atoms with van der Waals surface area (Å²) in [7, 11) is 0. The Hall–Kier alpha value is -1.48. The molecule has 0 saturated carbocycles. The average Bonchev–Trinajstić information content (AvgIpc) is 2.17. The molecule has 0 amide bonds. The molecule has 0 aliphatic rings. The second-order valence-corrected chi connectivity index (χ2v) is 2.62. The predicted octanol–water partition coefficient (Wildman–Crippen LogP) is 1.09. The molecule has 0 fully saturated rings. The quantitative estimate of drug-likeness (QED) is 0.677. The first kappa shape index (κ1) is 7.18. The van der Waals surface area contributed by atoms with E-state index in [4.69, 9.17) is 5.73 Å². The van der Waals surface area contributed by atoms with Crippen molar-refractivity contribution in [2.75, 3.05) is 0 Å². The lowest BCUT2D eigenvalue weighted by atomic mass is 10.1. The number of nitrogens with two attached hydrogens (primary N) is 1. The maximum absolute atomic E-state index is 5.50. The van der Waals surface area contributed by atoms with Crippen LogP contribution in [0, 0.1) is 0 Å². The van der Waals surface area contributed by atoms with Crippen molar-refractivity contribution in [3.63, 3.8) is 0 Å². The molecule has 0 bridgehead atoms. The van der Waals surface area contributed by atoms with Crippen molar-refractivity contribution in [3.8, 4) is 0 Å². The molecule has 0 unspecified atom stereocenters. The average molecular weight is 159 g/mol. The van der Waals surface area contributed by atoms with Gasteiger partial charge in [-0.05, 0) is 11.6 Å². The molecule has 3 heteroatoms. The lowest BCUT2D eigenvalue weighted by Crippen LogP contribution is -1.95. The number of nitrogens with zero attached hydrogens (tertiary/aromatic N) is 2. The molecule has 2 rings (SSSR count). The lowest BCUT2D eigenvalue weighted by molar-refractivity contribution is 1.07. The maximum Gasteiger partial charge on any atom is 0.116 e. The van der Waals surface area contributed by atoms with Crippen molar-refractivity contribution in [2.24, 2.45) is 5.73 Å². The smallest absolute Gasteiger partial charge is 0.116 e. The van der Waals surface area contributed by atoms with Crippen LogP contribution in [0.15, 0.2) is 30.7 Å². The molecule has 60 valence electrons. The fourth-order valence-electron chi connectivity index (χ4n) is 1.15. The van der Waals surface area contributed by atoms with Crippen LogP contribution in [-0.4, -0.2) is 9.97 Å². The molecule has 1 aromatic heterocycles. The zero-order valence-corrected chi connectivity index (χ0v) is 6.57. The van der Waals surface area contributed by atoms with E-state index in [-0.39, 0.29) is 0 Å². The van der Waals surface area contributed by atoms with Gasteiger partial charge in [-0.3, -0.25) is 0 Å². The van der Waals surface area contributed by atoms with Gasteiger partial charge in [0, 0.05) is 18.1 Å². The summed E-state index contributed by atoms with van der Waals surface area (Å²) >= 11 is 0. The first-order chi connectivity index (χ1) is 5.90. The predicted molar refractivity (Wildman–Crippen MR) is 47.4 cm³/mol. The van der Waals surface area contributed by atoms with Crippen LogP contribution in [0.1, 0.15) is 5.56 Å². The van der Waals surface area contributed by atoms with E-state index in [1.165, 1.54) is 0 Å². The van der Waals surface area contributed by atoms with Gasteiger partial charge in [0.2, 0.25) is 0 Å². The Kier molecular flexibility index (Phi) is 1.72. The number of benzene rings is 1. The van der Waals surface area contributed by atoms with Crippen LogP contribution in [0.3, 0.4) is 0 Å². The summed E-state index contributed by atoms with van der Waals surface area (Å²) in [5, 5.41) is 1.05. The topological polar surface area (TPSA) is 51.8 Å². The van der Waals surface area contributed by atoms with Crippen LogP contribution < -0.4 is 5.73 Å². The maximum atomic E-state index is 5.50. The first-order valence-corrected chi connectivity index (χ1v) is 3.79. The van der Waals surface area contributed by atoms with Gasteiger partial charge in [0.15, 0.2) is 0 Å². The molecule has 0 radical (unpaired) electrons. The molecule has 0 aliphatic heterocycles. The van der Waals surface area contributed by atoms with E-state index < -0.39 is 0 Å². The fourth-order valence-corrected chi connectivity index (χ4v) is 1.15. The van der Waals surface area contributed by atoms with E-state index in [1.807, 2.05) is 18.2 Å². The van der Waals surface area contributed by atoms with Gasteiger partial charge in [-0.2, -0.15) is 0 Å². The number of aromatic nitrogens is 2. The number of rotatable bonds is 1. The van der Waals surface area contributed by atoms with E-state index in [0.29, 0.717) is 6.54 Å². The SMILES string of the molecule is NCc1ccc2cncnc2c1. The normalized spacial score (nSPS) is 10.4. The minimum atomic E-state index is 0.555. The summed E-state index contributed by atoms with van der Waals surface area (Å²) in [5.41, 5.74) is 7.55. The molecule has 0 saturated heterocycles. The van der Waals surface area contributed by atoms with E-state index in [1.54, 1.807) is 12.5 Å². The molecule has 0 spiro atoms. The van der Waals surface area contributed by atoms with E-state index in [9.17, 15) is 0 Å². The second-order valence-electron chi connectivity index (χ2n) is 2.62. The fraction of sp³-hybridized carbons (Fsp3) is 0.111. The molecule has 2 aromatic rings. The van der Waals surface area contributed by atoms with Crippen LogP contribution in [0.4, 0.5) is 0 Å². The van der Waals surface area contributed by atoms with Crippen LogP contribution in [0.25, 0.3) is 10.9 Å². The van der Waals surface area contributed by atoms with Gasteiger partial charge in [-0.1, -0.05) is 12.1 Å². The second kappa shape index (κ2) is 2.87. The monoisotopic (exact) mass is 159 g/mol. The zero-order chi connectivity index (χ0) is 8.39. The Morgan fingerprint density at radius 3 is 3.08 bits per heavy atom. The summed E-state index contributed by atoms with van der Waals surface area (Å²) in [4.78, 5) is 8.05. The number of hydrogen-bond donors (Lipinski definition) is 1. The standard InChI is InChI=1S/C9H9N3/c10-4-7-1-2-8-5-11-6-12-9(8)3-7/h1-3,5-6H,4,10H2. The van der Waals surface area contributed by atoms with Gasteiger partial charge < -0.3 is 5.73 Å². The molecule has 0 atom stereocenters. The van der Waals surface area contributed by atoms with E-state index in [2.05, 4.69) is 9.97 Å². The summed E-state index contributed by atoms with van der Waals surface area (Å²) in [6.45, 7) is 0.555. The van der Waals surface area contributed by atoms with Gasteiger partial charge in [0.1, 0.15) is 6.33 Å². The van der Waals surface area contributed by atoms with Crippen molar-refractivity contribution >= 4 is 10.9 Å². The van der Waals surface area contributed by atoms with Crippen molar-refractivity contribution in [2.45, 2.75) is 6.54 Å². The van der Waals surface area contributed by atoms with Gasteiger partial charge in [0.05, 0.1) is 5.52 Å². The van der Waals surface area contributed by atoms with Gasteiger partial charge in [0.25, 0.3) is 0 Å². The third-order valence-electron chi connectivity index (χ3n) is 1.81. The Bertz CT molecular complexity index is 398. The number of fused-ring (bicyclic) bond motifs is 1. The summed E-state index contributed by atoms with van der Waals surface area (Å²) in [5.74, 6) is 0. The highest BCUT2D eigenvalue weighted by Crippen LogP contribution is 2.11. The van der Waals surface area contributed by atoms with Crippen molar-refractivity contribution in [3.05, 3.63) is 36.3 Å². The molecule has 0 aliphatic carbocycles. The molecular weight excluding hydrogens is 150 g/mol. The van der Waals surface area contributed by atoms with Crippen molar-refractivity contribution in [1.82, 2.24) is 9.97 Å². The molecule has 2 N–H and O–H groups in total. The third kappa shape index (κ3) is 1.14. The van der Waals surface area contributed by atoms with Gasteiger partial charge >= 0.3 is 0 Å². The highest BCUT2D eigenvalue weighted by atomic mass is 14.8. The molecule has 1 heterocycles. The summed E-state index contributed by atoms with van der Waals surface area (Å²) < 4.78 is 0. The largest absolute Gasteiger partial charge is 0.326 e. The Labute approximate surface area is 70.3 Å². The molecular formula is C9H9N3. The number of hydrogen-bond acceptors (Lipinski definition) is 3. The molecule has 1 aromatic carbocycles. The molecule has 3 nitrogen and oxygen atoms in total. The van der Waals surface area contributed by atoms with E-state index >= 15 is 0 Å².